The van der Waals surface area contributed by atoms with Crippen LogP contribution in [-0.4, -0.2) is 37.4 Å². The van der Waals surface area contributed by atoms with Gasteiger partial charge in [-0.3, -0.25) is 5.01 Å². The highest BCUT2D eigenvalue weighted by Crippen LogP contribution is 2.19. The van der Waals surface area contributed by atoms with E-state index in [1.54, 1.807) is 11.3 Å². The molecule has 0 bridgehead atoms. The Kier molecular flexibility index (Phi) is 4.46. The molecule has 0 unspecified atom stereocenters. The summed E-state index contributed by atoms with van der Waals surface area (Å²) >= 11 is 7.67. The Morgan fingerprint density at radius 2 is 1.81 bits per heavy atom. The second-order valence-electron chi connectivity index (χ2n) is 5.13. The second kappa shape index (κ2) is 6.50. The predicted octanol–water partition coefficient (Wildman–Crippen LogP) is 3.87. The molecular formula is C16H18ClN3S. The summed E-state index contributed by atoms with van der Waals surface area (Å²) in [4.78, 5) is 3.62. The summed E-state index contributed by atoms with van der Waals surface area (Å²) in [5.74, 6) is 0. The number of aryl methyl sites for hydroxylation is 1. The van der Waals surface area contributed by atoms with E-state index in [1.165, 1.54) is 16.1 Å². The van der Waals surface area contributed by atoms with Crippen molar-refractivity contribution < 1.29 is 0 Å². The average Bonchev–Trinajstić information content (AvgIpc) is 2.92. The molecule has 0 spiro atoms. The summed E-state index contributed by atoms with van der Waals surface area (Å²) in [6.45, 7) is 5.99. The minimum absolute atomic E-state index is 0.785. The van der Waals surface area contributed by atoms with Crippen LogP contribution >= 0.6 is 22.9 Å². The van der Waals surface area contributed by atoms with E-state index >= 15 is 0 Å². The molecule has 21 heavy (non-hydrogen) atoms. The molecule has 110 valence electrons. The van der Waals surface area contributed by atoms with Crippen molar-refractivity contribution in [2.24, 2.45) is 5.10 Å². The Morgan fingerprint density at radius 3 is 2.43 bits per heavy atom. The molecule has 1 aromatic heterocycles. The SMILES string of the molecule is Cc1ccsc1C=NN1CCN(c2ccc(Cl)cc2)CC1. The van der Waals surface area contributed by atoms with E-state index in [-0.39, 0.29) is 0 Å². The normalized spacial score (nSPS) is 15.9. The van der Waals surface area contributed by atoms with Crippen LogP contribution in [0.5, 0.6) is 0 Å². The Morgan fingerprint density at radius 1 is 1.10 bits per heavy atom. The van der Waals surface area contributed by atoms with Gasteiger partial charge < -0.3 is 4.90 Å². The quantitative estimate of drug-likeness (QED) is 0.800. The first kappa shape index (κ1) is 14.4. The summed E-state index contributed by atoms with van der Waals surface area (Å²) in [5.41, 5.74) is 2.53. The molecule has 1 fully saturated rings. The third-order valence-electron chi connectivity index (χ3n) is 3.69. The summed E-state index contributed by atoms with van der Waals surface area (Å²) in [6, 6.07) is 10.2. The third-order valence-corrected chi connectivity index (χ3v) is 4.89. The molecule has 0 N–H and O–H groups in total. The van der Waals surface area contributed by atoms with Crippen LogP contribution in [0.3, 0.4) is 0 Å². The minimum atomic E-state index is 0.785. The van der Waals surface area contributed by atoms with Crippen molar-refractivity contribution in [3.8, 4) is 0 Å². The van der Waals surface area contributed by atoms with Gasteiger partial charge in [-0.1, -0.05) is 11.6 Å². The van der Waals surface area contributed by atoms with Gasteiger partial charge in [-0.25, -0.2) is 0 Å². The van der Waals surface area contributed by atoms with Crippen molar-refractivity contribution in [2.45, 2.75) is 6.92 Å². The number of hydrazone groups is 1. The molecule has 0 aliphatic carbocycles. The van der Waals surface area contributed by atoms with Crippen LogP contribution in [-0.2, 0) is 0 Å². The van der Waals surface area contributed by atoms with Gasteiger partial charge in [-0.15, -0.1) is 11.3 Å². The molecule has 0 amide bonds. The van der Waals surface area contributed by atoms with E-state index in [4.69, 9.17) is 11.6 Å². The van der Waals surface area contributed by atoms with Crippen LogP contribution in [0, 0.1) is 6.92 Å². The van der Waals surface area contributed by atoms with E-state index in [0.29, 0.717) is 0 Å². The molecule has 2 aromatic rings. The lowest BCUT2D eigenvalue weighted by molar-refractivity contribution is 0.272. The standard InChI is InChI=1S/C16H18ClN3S/c1-13-6-11-21-16(13)12-18-20-9-7-19(8-10-20)15-4-2-14(17)3-5-15/h2-6,11-12H,7-10H2,1H3. The van der Waals surface area contributed by atoms with Gasteiger partial charge in [-0.05, 0) is 48.2 Å². The smallest absolute Gasteiger partial charge is 0.0645 e. The average molecular weight is 320 g/mol. The molecule has 3 rings (SSSR count). The number of halogens is 1. The van der Waals surface area contributed by atoms with Gasteiger partial charge in [0.1, 0.15) is 0 Å². The fraction of sp³-hybridized carbons (Fsp3) is 0.312. The van der Waals surface area contributed by atoms with Gasteiger partial charge >= 0.3 is 0 Å². The van der Waals surface area contributed by atoms with Crippen LogP contribution in [0.2, 0.25) is 5.02 Å². The zero-order valence-electron chi connectivity index (χ0n) is 12.0. The maximum Gasteiger partial charge on any atom is 0.0645 e. The van der Waals surface area contributed by atoms with Crippen molar-refractivity contribution in [1.29, 1.82) is 0 Å². The van der Waals surface area contributed by atoms with Gasteiger partial charge in [0.05, 0.1) is 19.3 Å². The summed E-state index contributed by atoms with van der Waals surface area (Å²) in [5, 5.41) is 9.64. The molecule has 1 saturated heterocycles. The fourth-order valence-electron chi connectivity index (χ4n) is 2.37. The number of nitrogens with zero attached hydrogens (tertiary/aromatic N) is 3. The van der Waals surface area contributed by atoms with E-state index in [9.17, 15) is 0 Å². The topological polar surface area (TPSA) is 18.8 Å². The van der Waals surface area contributed by atoms with Crippen LogP contribution in [0.15, 0.2) is 40.8 Å². The highest BCUT2D eigenvalue weighted by atomic mass is 35.5. The summed E-state index contributed by atoms with van der Waals surface area (Å²) in [6.07, 6.45) is 1.98. The highest BCUT2D eigenvalue weighted by molar-refractivity contribution is 7.11. The minimum Gasteiger partial charge on any atom is -0.368 e. The number of anilines is 1. The van der Waals surface area contributed by atoms with E-state index in [1.807, 2.05) is 18.3 Å². The Hall–Kier alpha value is -1.52. The molecule has 0 radical (unpaired) electrons. The molecule has 0 saturated carbocycles. The number of hydrogen-bond acceptors (Lipinski definition) is 4. The maximum atomic E-state index is 5.93. The number of rotatable bonds is 3. The first-order valence-electron chi connectivity index (χ1n) is 7.06. The predicted molar refractivity (Wildman–Crippen MR) is 91.9 cm³/mol. The lowest BCUT2D eigenvalue weighted by Crippen LogP contribution is -2.44. The van der Waals surface area contributed by atoms with Gasteiger partial charge in [-0.2, -0.15) is 5.10 Å². The van der Waals surface area contributed by atoms with E-state index < -0.39 is 0 Å². The van der Waals surface area contributed by atoms with Crippen molar-refractivity contribution in [1.82, 2.24) is 5.01 Å². The Labute approximate surface area is 134 Å². The number of thiophene rings is 1. The molecule has 3 nitrogen and oxygen atoms in total. The Balaban J connectivity index is 1.56. The van der Waals surface area contributed by atoms with Crippen molar-refractivity contribution in [3.63, 3.8) is 0 Å². The molecule has 5 heteroatoms. The third kappa shape index (κ3) is 3.57. The summed E-state index contributed by atoms with van der Waals surface area (Å²) < 4.78 is 0. The van der Waals surface area contributed by atoms with E-state index in [0.717, 1.165) is 31.2 Å². The maximum absolute atomic E-state index is 5.93. The zero-order chi connectivity index (χ0) is 14.7. The Bertz CT molecular complexity index is 613. The number of piperazine rings is 1. The van der Waals surface area contributed by atoms with Crippen LogP contribution < -0.4 is 4.90 Å². The molecule has 1 aromatic carbocycles. The second-order valence-corrected chi connectivity index (χ2v) is 6.51. The van der Waals surface area contributed by atoms with Crippen LogP contribution in [0.25, 0.3) is 0 Å². The molecular weight excluding hydrogens is 302 g/mol. The molecule has 1 aliphatic rings. The van der Waals surface area contributed by atoms with Crippen LogP contribution in [0.1, 0.15) is 10.4 Å². The van der Waals surface area contributed by atoms with Gasteiger partial charge in [0.25, 0.3) is 0 Å². The first-order valence-corrected chi connectivity index (χ1v) is 8.32. The summed E-state index contributed by atoms with van der Waals surface area (Å²) in [7, 11) is 0. The largest absolute Gasteiger partial charge is 0.368 e. The molecule has 1 aliphatic heterocycles. The van der Waals surface area contributed by atoms with Gasteiger partial charge in [0.2, 0.25) is 0 Å². The van der Waals surface area contributed by atoms with Crippen molar-refractivity contribution >= 4 is 34.8 Å². The fourth-order valence-corrected chi connectivity index (χ4v) is 3.28. The van der Waals surface area contributed by atoms with Gasteiger partial charge in [0, 0.05) is 28.7 Å². The van der Waals surface area contributed by atoms with Crippen LogP contribution in [0.4, 0.5) is 5.69 Å². The molecule has 0 atom stereocenters. The van der Waals surface area contributed by atoms with Crippen molar-refractivity contribution in [3.05, 3.63) is 51.2 Å². The monoisotopic (exact) mass is 319 g/mol. The highest BCUT2D eigenvalue weighted by Gasteiger charge is 2.15. The lowest BCUT2D eigenvalue weighted by Gasteiger charge is -2.34. The van der Waals surface area contributed by atoms with Crippen molar-refractivity contribution in [2.75, 3.05) is 31.1 Å². The van der Waals surface area contributed by atoms with E-state index in [2.05, 4.69) is 45.5 Å². The number of benzene rings is 1. The molecule has 2 heterocycles. The number of hydrogen-bond donors (Lipinski definition) is 0. The van der Waals surface area contributed by atoms with Gasteiger partial charge in [0.15, 0.2) is 0 Å². The zero-order valence-corrected chi connectivity index (χ0v) is 13.6. The lowest BCUT2D eigenvalue weighted by atomic mass is 10.2. The first-order chi connectivity index (χ1) is 10.2.